The number of halogens is 2. The van der Waals surface area contributed by atoms with Gasteiger partial charge in [-0.3, -0.25) is 4.79 Å². The van der Waals surface area contributed by atoms with Crippen LogP contribution in [-0.2, 0) is 0 Å². The smallest absolute Gasteiger partial charge is 0.255 e. The Labute approximate surface area is 99.8 Å². The number of alkyl halides is 2. The van der Waals surface area contributed by atoms with Crippen molar-refractivity contribution in [2.75, 3.05) is 0 Å². The van der Waals surface area contributed by atoms with Crippen LogP contribution >= 0.6 is 0 Å². The highest BCUT2D eigenvalue weighted by molar-refractivity contribution is 6.01. The number of hydrogen-bond acceptors (Lipinski definition) is 1. The number of benzene rings is 1. The molecule has 17 heavy (non-hydrogen) atoms. The molecule has 1 atom stereocenters. The van der Waals surface area contributed by atoms with Crippen molar-refractivity contribution in [2.24, 2.45) is 5.41 Å². The van der Waals surface area contributed by atoms with Gasteiger partial charge in [0.25, 0.3) is 5.92 Å². The molecule has 0 aromatic heterocycles. The van der Waals surface area contributed by atoms with Crippen LogP contribution in [0.4, 0.5) is 8.78 Å². The largest absolute Gasteiger partial charge is 0.294 e. The molecule has 1 fully saturated rings. The zero-order valence-corrected chi connectivity index (χ0v) is 10.3. The molecule has 1 aliphatic carbocycles. The maximum Gasteiger partial charge on any atom is 0.255 e. The van der Waals surface area contributed by atoms with E-state index in [1.165, 1.54) is 0 Å². The summed E-state index contributed by atoms with van der Waals surface area (Å²) in [5.41, 5.74) is 0.403. The Morgan fingerprint density at radius 1 is 1.29 bits per heavy atom. The molecule has 0 heterocycles. The molecule has 1 nitrogen and oxygen atoms in total. The fourth-order valence-corrected chi connectivity index (χ4v) is 1.96. The molecule has 3 heteroatoms. The van der Waals surface area contributed by atoms with Crippen LogP contribution in [0.1, 0.15) is 49.0 Å². The molecule has 0 spiro atoms. The zero-order chi connectivity index (χ0) is 12.8. The maximum atomic E-state index is 13.1. The molecule has 92 valence electrons. The third kappa shape index (κ3) is 2.24. The van der Waals surface area contributed by atoms with Crippen LogP contribution in [-0.4, -0.2) is 11.7 Å². The Balaban J connectivity index is 2.39. The number of rotatable bonds is 2. The second-order valence-electron chi connectivity index (χ2n) is 5.68. The Morgan fingerprint density at radius 3 is 2.29 bits per heavy atom. The maximum absolute atomic E-state index is 13.1. The van der Waals surface area contributed by atoms with E-state index >= 15 is 0 Å². The molecule has 1 unspecified atom stereocenters. The fourth-order valence-electron chi connectivity index (χ4n) is 1.96. The van der Waals surface area contributed by atoms with Gasteiger partial charge >= 0.3 is 0 Å². The summed E-state index contributed by atoms with van der Waals surface area (Å²) in [5.74, 6) is -3.48. The van der Waals surface area contributed by atoms with Crippen LogP contribution in [0.5, 0.6) is 0 Å². The standard InChI is InChI=1S/C14H16F2O/c1-13(2,3)12(17)10-7-5-4-6-9(10)11-8-14(11,15)16/h4-7,11H,8H2,1-3H3. The first-order chi connectivity index (χ1) is 7.73. The van der Waals surface area contributed by atoms with E-state index in [4.69, 9.17) is 0 Å². The Kier molecular flexibility index (Phi) is 2.60. The molecule has 2 rings (SSSR count). The lowest BCUT2D eigenvalue weighted by atomic mass is 9.84. The predicted octanol–water partition coefficient (Wildman–Crippen LogP) is 4.04. The summed E-state index contributed by atoms with van der Waals surface area (Å²) < 4.78 is 26.2. The SMILES string of the molecule is CC(C)(C)C(=O)c1ccccc1C1CC1(F)F. The molecular formula is C14H16F2O. The second kappa shape index (κ2) is 3.62. The lowest BCUT2D eigenvalue weighted by Crippen LogP contribution is -2.21. The highest BCUT2D eigenvalue weighted by atomic mass is 19.3. The van der Waals surface area contributed by atoms with Gasteiger partial charge in [0.1, 0.15) is 0 Å². The van der Waals surface area contributed by atoms with Crippen molar-refractivity contribution < 1.29 is 13.6 Å². The lowest BCUT2D eigenvalue weighted by molar-refractivity contribution is 0.0855. The molecule has 0 saturated heterocycles. The van der Waals surface area contributed by atoms with E-state index in [2.05, 4.69) is 0 Å². The Morgan fingerprint density at radius 2 is 1.82 bits per heavy atom. The van der Waals surface area contributed by atoms with E-state index in [1.807, 2.05) is 0 Å². The van der Waals surface area contributed by atoms with E-state index in [0.717, 1.165) is 0 Å². The van der Waals surface area contributed by atoms with Crippen LogP contribution in [0.25, 0.3) is 0 Å². The molecule has 0 radical (unpaired) electrons. The highest BCUT2D eigenvalue weighted by Gasteiger charge is 2.58. The fraction of sp³-hybridized carbons (Fsp3) is 0.500. The number of carbonyl (C=O) groups excluding carboxylic acids is 1. The van der Waals surface area contributed by atoms with Gasteiger partial charge in [-0.1, -0.05) is 45.0 Å². The molecule has 0 aliphatic heterocycles. The van der Waals surface area contributed by atoms with E-state index in [1.54, 1.807) is 45.0 Å². The summed E-state index contributed by atoms with van der Waals surface area (Å²) in [6.45, 7) is 5.41. The van der Waals surface area contributed by atoms with Gasteiger partial charge in [0, 0.05) is 17.4 Å². The van der Waals surface area contributed by atoms with Crippen molar-refractivity contribution in [1.82, 2.24) is 0 Å². The van der Waals surface area contributed by atoms with E-state index in [0.29, 0.717) is 11.1 Å². The zero-order valence-electron chi connectivity index (χ0n) is 10.3. The van der Waals surface area contributed by atoms with E-state index in [-0.39, 0.29) is 12.2 Å². The van der Waals surface area contributed by atoms with Crippen LogP contribution in [0.15, 0.2) is 24.3 Å². The normalized spacial score (nSPS) is 22.3. The monoisotopic (exact) mass is 238 g/mol. The molecule has 1 aromatic carbocycles. The summed E-state index contributed by atoms with van der Waals surface area (Å²) in [4.78, 5) is 12.2. The quantitative estimate of drug-likeness (QED) is 0.711. The van der Waals surface area contributed by atoms with Gasteiger partial charge < -0.3 is 0 Å². The van der Waals surface area contributed by atoms with Gasteiger partial charge in [-0.15, -0.1) is 0 Å². The van der Waals surface area contributed by atoms with Crippen LogP contribution in [0.3, 0.4) is 0 Å². The molecule has 0 amide bonds. The van der Waals surface area contributed by atoms with Crippen LogP contribution in [0, 0.1) is 5.41 Å². The van der Waals surface area contributed by atoms with Crippen molar-refractivity contribution in [3.63, 3.8) is 0 Å². The number of Topliss-reactive ketones (excluding diaryl/α,β-unsaturated/α-hetero) is 1. The molecule has 0 N–H and O–H groups in total. The number of ketones is 1. The first-order valence-electron chi connectivity index (χ1n) is 5.75. The van der Waals surface area contributed by atoms with Gasteiger partial charge in [-0.25, -0.2) is 8.78 Å². The molecule has 1 aromatic rings. The van der Waals surface area contributed by atoms with Crippen molar-refractivity contribution in [3.05, 3.63) is 35.4 Å². The number of carbonyl (C=O) groups is 1. The van der Waals surface area contributed by atoms with Crippen LogP contribution in [0.2, 0.25) is 0 Å². The van der Waals surface area contributed by atoms with Gasteiger partial charge in [0.2, 0.25) is 0 Å². The minimum Gasteiger partial charge on any atom is -0.294 e. The molecule has 1 aliphatic rings. The third-order valence-corrected chi connectivity index (χ3v) is 3.09. The predicted molar refractivity (Wildman–Crippen MR) is 62.5 cm³/mol. The van der Waals surface area contributed by atoms with Crippen molar-refractivity contribution in [3.8, 4) is 0 Å². The molecular weight excluding hydrogens is 222 g/mol. The summed E-state index contributed by atoms with van der Waals surface area (Å²) in [5, 5.41) is 0. The average molecular weight is 238 g/mol. The molecule has 1 saturated carbocycles. The second-order valence-corrected chi connectivity index (χ2v) is 5.68. The van der Waals surface area contributed by atoms with Crippen molar-refractivity contribution >= 4 is 5.78 Å². The third-order valence-electron chi connectivity index (χ3n) is 3.09. The average Bonchev–Trinajstić information content (AvgIpc) is 2.85. The van der Waals surface area contributed by atoms with E-state index < -0.39 is 17.3 Å². The molecule has 0 bridgehead atoms. The van der Waals surface area contributed by atoms with Crippen molar-refractivity contribution in [2.45, 2.75) is 39.0 Å². The van der Waals surface area contributed by atoms with E-state index in [9.17, 15) is 13.6 Å². The first kappa shape index (κ1) is 12.2. The first-order valence-corrected chi connectivity index (χ1v) is 5.75. The summed E-state index contributed by atoms with van der Waals surface area (Å²) in [6, 6.07) is 6.73. The van der Waals surface area contributed by atoms with Gasteiger partial charge in [0.15, 0.2) is 5.78 Å². The van der Waals surface area contributed by atoms with Crippen LogP contribution < -0.4 is 0 Å². The topological polar surface area (TPSA) is 17.1 Å². The Bertz CT molecular complexity index is 458. The number of hydrogen-bond donors (Lipinski definition) is 0. The summed E-state index contributed by atoms with van der Waals surface area (Å²) in [7, 11) is 0. The summed E-state index contributed by atoms with van der Waals surface area (Å²) >= 11 is 0. The minimum absolute atomic E-state index is 0.0733. The minimum atomic E-state index is -2.63. The van der Waals surface area contributed by atoms with Gasteiger partial charge in [-0.2, -0.15) is 0 Å². The van der Waals surface area contributed by atoms with Gasteiger partial charge in [-0.05, 0) is 5.56 Å². The Hall–Kier alpha value is -1.25. The van der Waals surface area contributed by atoms with Crippen molar-refractivity contribution in [1.29, 1.82) is 0 Å². The lowest BCUT2D eigenvalue weighted by Gasteiger charge is -2.19. The summed E-state index contributed by atoms with van der Waals surface area (Å²) in [6.07, 6.45) is -0.137. The highest BCUT2D eigenvalue weighted by Crippen LogP contribution is 2.56. The van der Waals surface area contributed by atoms with Gasteiger partial charge in [0.05, 0.1) is 5.92 Å².